The SMILES string of the molecule is CO/C=C\[C@@H](C)C=O. The molecular formula is C6H10O2. The van der Waals surface area contributed by atoms with E-state index in [0.29, 0.717) is 0 Å². The molecule has 2 nitrogen and oxygen atoms in total. The van der Waals surface area contributed by atoms with E-state index in [9.17, 15) is 4.79 Å². The smallest absolute Gasteiger partial charge is 0.126 e. The number of rotatable bonds is 3. The van der Waals surface area contributed by atoms with Gasteiger partial charge in [-0.1, -0.05) is 6.92 Å². The maximum Gasteiger partial charge on any atom is 0.126 e. The molecule has 0 aromatic rings. The average Bonchev–Trinajstić information content (AvgIpc) is 1.83. The fraction of sp³-hybridized carbons (Fsp3) is 0.500. The van der Waals surface area contributed by atoms with E-state index in [2.05, 4.69) is 4.74 Å². The maximum absolute atomic E-state index is 9.90. The van der Waals surface area contributed by atoms with Crippen LogP contribution >= 0.6 is 0 Å². The van der Waals surface area contributed by atoms with Crippen LogP contribution in [-0.2, 0) is 9.53 Å². The molecule has 0 radical (unpaired) electrons. The molecule has 0 saturated carbocycles. The third-order valence-corrected chi connectivity index (χ3v) is 0.733. The lowest BCUT2D eigenvalue weighted by atomic mass is 10.2. The van der Waals surface area contributed by atoms with Crippen LogP contribution in [0, 0.1) is 5.92 Å². The largest absolute Gasteiger partial charge is 0.505 e. The number of allylic oxidation sites excluding steroid dienone is 1. The van der Waals surface area contributed by atoms with Crippen molar-refractivity contribution in [1.29, 1.82) is 0 Å². The number of carbonyl (C=O) groups excluding carboxylic acids is 1. The number of methoxy groups -OCH3 is 1. The van der Waals surface area contributed by atoms with Crippen LogP contribution < -0.4 is 0 Å². The third kappa shape index (κ3) is 3.40. The number of ether oxygens (including phenoxy) is 1. The normalized spacial score (nSPS) is 13.8. The van der Waals surface area contributed by atoms with Gasteiger partial charge in [-0.15, -0.1) is 0 Å². The lowest BCUT2D eigenvalue weighted by Crippen LogP contribution is -1.88. The van der Waals surface area contributed by atoms with Crippen LogP contribution in [0.2, 0.25) is 0 Å². The van der Waals surface area contributed by atoms with E-state index in [1.165, 1.54) is 6.26 Å². The monoisotopic (exact) mass is 114 g/mol. The summed E-state index contributed by atoms with van der Waals surface area (Å²) >= 11 is 0. The highest BCUT2D eigenvalue weighted by Gasteiger charge is 1.88. The molecule has 0 amide bonds. The molecule has 46 valence electrons. The predicted molar refractivity (Wildman–Crippen MR) is 31.4 cm³/mol. The van der Waals surface area contributed by atoms with Gasteiger partial charge in [0.1, 0.15) is 6.29 Å². The molecule has 0 fully saturated rings. The first kappa shape index (κ1) is 7.21. The summed E-state index contributed by atoms with van der Waals surface area (Å²) in [6.45, 7) is 1.79. The van der Waals surface area contributed by atoms with Crippen molar-refractivity contribution in [2.24, 2.45) is 5.92 Å². The second-order valence-electron chi connectivity index (χ2n) is 1.56. The first-order valence-electron chi connectivity index (χ1n) is 2.46. The van der Waals surface area contributed by atoms with E-state index in [1.54, 1.807) is 20.1 Å². The molecule has 0 aliphatic carbocycles. The topological polar surface area (TPSA) is 26.3 Å². The predicted octanol–water partition coefficient (Wildman–Crippen LogP) is 0.982. The Morgan fingerprint density at radius 1 is 1.62 bits per heavy atom. The van der Waals surface area contributed by atoms with Gasteiger partial charge in [0.25, 0.3) is 0 Å². The Morgan fingerprint density at radius 3 is 2.62 bits per heavy atom. The van der Waals surface area contributed by atoms with Gasteiger partial charge in [-0.25, -0.2) is 0 Å². The third-order valence-electron chi connectivity index (χ3n) is 0.733. The molecule has 0 N–H and O–H groups in total. The summed E-state index contributed by atoms with van der Waals surface area (Å²) in [7, 11) is 1.55. The number of hydrogen-bond acceptors (Lipinski definition) is 2. The molecule has 8 heavy (non-hydrogen) atoms. The van der Waals surface area contributed by atoms with Gasteiger partial charge in [-0.2, -0.15) is 0 Å². The molecule has 0 saturated heterocycles. The zero-order valence-electron chi connectivity index (χ0n) is 5.13. The summed E-state index contributed by atoms with van der Waals surface area (Å²) in [5.74, 6) is -0.0325. The first-order valence-corrected chi connectivity index (χ1v) is 2.46. The van der Waals surface area contributed by atoms with Crippen LogP contribution in [-0.4, -0.2) is 13.4 Å². The summed E-state index contributed by atoms with van der Waals surface area (Å²) in [5, 5.41) is 0. The Hall–Kier alpha value is -0.790. The fourth-order valence-corrected chi connectivity index (χ4v) is 0.248. The minimum absolute atomic E-state index is 0.0325. The van der Waals surface area contributed by atoms with Gasteiger partial charge in [0.2, 0.25) is 0 Å². The Labute approximate surface area is 49.1 Å². The summed E-state index contributed by atoms with van der Waals surface area (Å²) in [6, 6.07) is 0. The minimum atomic E-state index is -0.0325. The van der Waals surface area contributed by atoms with Crippen LogP contribution in [0.4, 0.5) is 0 Å². The Kier molecular flexibility index (Phi) is 3.94. The maximum atomic E-state index is 9.90. The summed E-state index contributed by atoms with van der Waals surface area (Å²) in [4.78, 5) is 9.90. The lowest BCUT2D eigenvalue weighted by Gasteiger charge is -1.89. The van der Waals surface area contributed by atoms with Crippen molar-refractivity contribution in [2.45, 2.75) is 6.92 Å². The molecule has 2 heteroatoms. The van der Waals surface area contributed by atoms with E-state index in [0.717, 1.165) is 6.29 Å². The van der Waals surface area contributed by atoms with Gasteiger partial charge < -0.3 is 9.53 Å². The fourth-order valence-electron chi connectivity index (χ4n) is 0.248. The first-order chi connectivity index (χ1) is 3.81. The quantitative estimate of drug-likeness (QED) is 0.404. The number of carbonyl (C=O) groups is 1. The van der Waals surface area contributed by atoms with Crippen molar-refractivity contribution in [2.75, 3.05) is 7.11 Å². The van der Waals surface area contributed by atoms with Gasteiger partial charge in [-0.05, 0) is 6.08 Å². The Morgan fingerprint density at radius 2 is 2.25 bits per heavy atom. The van der Waals surface area contributed by atoms with Crippen molar-refractivity contribution >= 4 is 6.29 Å². The van der Waals surface area contributed by atoms with Gasteiger partial charge in [-0.3, -0.25) is 0 Å². The highest BCUT2D eigenvalue weighted by atomic mass is 16.5. The van der Waals surface area contributed by atoms with E-state index >= 15 is 0 Å². The molecule has 0 aliphatic heterocycles. The second kappa shape index (κ2) is 4.37. The van der Waals surface area contributed by atoms with Crippen molar-refractivity contribution in [3.63, 3.8) is 0 Å². The molecule has 0 aliphatic rings. The van der Waals surface area contributed by atoms with Crippen LogP contribution in [0.1, 0.15) is 6.92 Å². The van der Waals surface area contributed by atoms with Crippen LogP contribution in [0.3, 0.4) is 0 Å². The molecule has 0 aromatic heterocycles. The van der Waals surface area contributed by atoms with E-state index in [4.69, 9.17) is 0 Å². The summed E-state index contributed by atoms with van der Waals surface area (Å²) in [5.41, 5.74) is 0. The molecule has 0 heterocycles. The van der Waals surface area contributed by atoms with Gasteiger partial charge >= 0.3 is 0 Å². The molecule has 1 atom stereocenters. The summed E-state index contributed by atoms with van der Waals surface area (Å²) in [6.07, 6.45) is 4.04. The van der Waals surface area contributed by atoms with Crippen LogP contribution in [0.25, 0.3) is 0 Å². The van der Waals surface area contributed by atoms with E-state index < -0.39 is 0 Å². The lowest BCUT2D eigenvalue weighted by molar-refractivity contribution is -0.109. The highest BCUT2D eigenvalue weighted by Crippen LogP contribution is 1.89. The van der Waals surface area contributed by atoms with Crippen LogP contribution in [0.5, 0.6) is 0 Å². The van der Waals surface area contributed by atoms with Crippen molar-refractivity contribution < 1.29 is 9.53 Å². The Balaban J connectivity index is 3.35. The number of aldehydes is 1. The molecule has 0 rings (SSSR count). The average molecular weight is 114 g/mol. The van der Waals surface area contributed by atoms with Crippen LogP contribution in [0.15, 0.2) is 12.3 Å². The van der Waals surface area contributed by atoms with E-state index in [1.807, 2.05) is 0 Å². The van der Waals surface area contributed by atoms with Crippen molar-refractivity contribution in [1.82, 2.24) is 0 Å². The standard InChI is InChI=1S/C6H10O2/c1-6(5-7)3-4-8-2/h3-6H,1-2H3/b4-3-/t6-/m1/s1. The number of hydrogen-bond donors (Lipinski definition) is 0. The second-order valence-corrected chi connectivity index (χ2v) is 1.56. The van der Waals surface area contributed by atoms with Gasteiger partial charge in [0.15, 0.2) is 0 Å². The molecular weight excluding hydrogens is 104 g/mol. The Bertz CT molecular complexity index is 86.5. The van der Waals surface area contributed by atoms with Gasteiger partial charge in [0.05, 0.1) is 13.4 Å². The highest BCUT2D eigenvalue weighted by molar-refractivity contribution is 5.55. The molecule has 0 aromatic carbocycles. The van der Waals surface area contributed by atoms with Gasteiger partial charge in [0, 0.05) is 5.92 Å². The zero-order valence-corrected chi connectivity index (χ0v) is 5.13. The zero-order chi connectivity index (χ0) is 6.41. The molecule has 0 spiro atoms. The molecule has 0 bridgehead atoms. The summed E-state index contributed by atoms with van der Waals surface area (Å²) < 4.78 is 4.57. The van der Waals surface area contributed by atoms with Crippen molar-refractivity contribution in [3.8, 4) is 0 Å². The molecule has 0 unspecified atom stereocenters. The van der Waals surface area contributed by atoms with E-state index in [-0.39, 0.29) is 5.92 Å². The van der Waals surface area contributed by atoms with Crippen molar-refractivity contribution in [3.05, 3.63) is 12.3 Å². The minimum Gasteiger partial charge on any atom is -0.505 e.